The number of nitrogens with one attached hydrogen (secondary N) is 1. The maximum atomic E-state index is 12.4. The van der Waals surface area contributed by atoms with Crippen LogP contribution >= 0.6 is 0 Å². The number of anilines is 1. The first-order chi connectivity index (χ1) is 12.1. The van der Waals surface area contributed by atoms with Gasteiger partial charge in [-0.3, -0.25) is 14.5 Å². The smallest absolute Gasteiger partial charge is 0.267 e. The number of hydrogen-bond acceptors (Lipinski definition) is 5. The number of fused-ring (bicyclic) bond motifs is 1. The predicted molar refractivity (Wildman–Crippen MR) is 93.8 cm³/mol. The normalized spacial score (nSPS) is 20.8. The van der Waals surface area contributed by atoms with E-state index in [4.69, 9.17) is 9.47 Å². The van der Waals surface area contributed by atoms with Gasteiger partial charge in [-0.15, -0.1) is 0 Å². The molecule has 2 aliphatic rings. The summed E-state index contributed by atoms with van der Waals surface area (Å²) < 4.78 is 10.9. The third kappa shape index (κ3) is 4.49. The van der Waals surface area contributed by atoms with E-state index in [9.17, 15) is 9.59 Å². The lowest BCUT2D eigenvalue weighted by Crippen LogP contribution is -2.46. The fourth-order valence-corrected chi connectivity index (χ4v) is 3.07. The molecule has 0 aromatic heterocycles. The molecule has 0 aliphatic carbocycles. The Bertz CT molecular complexity index is 616. The molecule has 0 saturated carbocycles. The molecule has 1 aromatic rings. The van der Waals surface area contributed by atoms with Gasteiger partial charge in [0.2, 0.25) is 5.91 Å². The first-order valence-corrected chi connectivity index (χ1v) is 8.79. The molecule has 3 rings (SSSR count). The number of rotatable bonds is 6. The third-order valence-corrected chi connectivity index (χ3v) is 4.49. The van der Waals surface area contributed by atoms with Gasteiger partial charge in [0, 0.05) is 39.1 Å². The van der Waals surface area contributed by atoms with Gasteiger partial charge in [0.25, 0.3) is 5.91 Å². The molecule has 1 atom stereocenters. The summed E-state index contributed by atoms with van der Waals surface area (Å²) in [7, 11) is 0. The lowest BCUT2D eigenvalue weighted by atomic mass is 10.1. The predicted octanol–water partition coefficient (Wildman–Crippen LogP) is 0.639. The van der Waals surface area contributed by atoms with E-state index in [0.717, 1.165) is 38.5 Å². The number of amides is 2. The van der Waals surface area contributed by atoms with E-state index in [-0.39, 0.29) is 18.2 Å². The summed E-state index contributed by atoms with van der Waals surface area (Å²) in [6.45, 7) is 6.85. The van der Waals surface area contributed by atoms with Crippen LogP contribution in [0.15, 0.2) is 24.3 Å². The van der Waals surface area contributed by atoms with Gasteiger partial charge in [-0.05, 0) is 19.1 Å². The average Bonchev–Trinajstić information content (AvgIpc) is 2.63. The van der Waals surface area contributed by atoms with Crippen molar-refractivity contribution in [3.05, 3.63) is 24.3 Å². The molecule has 2 aliphatic heterocycles. The van der Waals surface area contributed by atoms with Crippen LogP contribution in [0.3, 0.4) is 0 Å². The zero-order chi connectivity index (χ0) is 17.6. The molecule has 7 heteroatoms. The molecule has 136 valence electrons. The van der Waals surface area contributed by atoms with E-state index in [1.165, 1.54) is 0 Å². The minimum absolute atomic E-state index is 0.0438. The Labute approximate surface area is 147 Å². The van der Waals surface area contributed by atoms with Crippen LogP contribution in [-0.2, 0) is 14.3 Å². The van der Waals surface area contributed by atoms with E-state index in [1.807, 2.05) is 24.3 Å². The van der Waals surface area contributed by atoms with Crippen LogP contribution < -0.4 is 15.0 Å². The summed E-state index contributed by atoms with van der Waals surface area (Å²) in [6.07, 6.45) is -0.255. The summed E-state index contributed by atoms with van der Waals surface area (Å²) in [5.41, 5.74) is 0.728. The van der Waals surface area contributed by atoms with Crippen LogP contribution in [-0.4, -0.2) is 68.8 Å². The molecule has 1 aromatic carbocycles. The fraction of sp³-hybridized carbons (Fsp3) is 0.556. The van der Waals surface area contributed by atoms with Crippen LogP contribution in [0.4, 0.5) is 5.69 Å². The molecule has 0 unspecified atom stereocenters. The van der Waals surface area contributed by atoms with Crippen LogP contribution in [0.1, 0.15) is 13.3 Å². The third-order valence-electron chi connectivity index (χ3n) is 4.49. The summed E-state index contributed by atoms with van der Waals surface area (Å²) in [4.78, 5) is 28.4. The summed E-state index contributed by atoms with van der Waals surface area (Å²) in [5.74, 6) is 0.528. The van der Waals surface area contributed by atoms with E-state index in [1.54, 1.807) is 11.8 Å². The Morgan fingerprint density at radius 1 is 1.24 bits per heavy atom. The number of hydrogen-bond donors (Lipinski definition) is 1. The molecule has 1 saturated heterocycles. The zero-order valence-electron chi connectivity index (χ0n) is 14.6. The Balaban J connectivity index is 1.47. The van der Waals surface area contributed by atoms with Crippen molar-refractivity contribution in [1.29, 1.82) is 0 Å². The number of ether oxygens (including phenoxy) is 2. The second kappa shape index (κ2) is 8.31. The van der Waals surface area contributed by atoms with Gasteiger partial charge in [-0.2, -0.15) is 0 Å². The van der Waals surface area contributed by atoms with Crippen molar-refractivity contribution in [2.45, 2.75) is 19.4 Å². The van der Waals surface area contributed by atoms with Crippen molar-refractivity contribution in [3.63, 3.8) is 0 Å². The molecule has 2 heterocycles. The van der Waals surface area contributed by atoms with Crippen molar-refractivity contribution < 1.29 is 19.1 Å². The maximum Gasteiger partial charge on any atom is 0.267 e. The van der Waals surface area contributed by atoms with Gasteiger partial charge in [0.15, 0.2) is 6.10 Å². The van der Waals surface area contributed by atoms with E-state index < -0.39 is 6.10 Å². The SMILES string of the molecule is C[C@H]1Oc2ccccc2N(CCC(=O)NCCN2CCOCC2)C1=O. The number of benzene rings is 1. The van der Waals surface area contributed by atoms with Crippen molar-refractivity contribution in [3.8, 4) is 5.75 Å². The zero-order valence-corrected chi connectivity index (χ0v) is 14.6. The van der Waals surface area contributed by atoms with Crippen LogP contribution in [0.25, 0.3) is 0 Å². The monoisotopic (exact) mass is 347 g/mol. The van der Waals surface area contributed by atoms with Gasteiger partial charge in [0.1, 0.15) is 5.75 Å². The summed E-state index contributed by atoms with van der Waals surface area (Å²) >= 11 is 0. The minimum Gasteiger partial charge on any atom is -0.479 e. The Kier molecular flexibility index (Phi) is 5.88. The quantitative estimate of drug-likeness (QED) is 0.818. The molecular formula is C18H25N3O4. The molecule has 0 bridgehead atoms. The number of nitrogens with zero attached hydrogens (tertiary/aromatic N) is 2. The Hall–Kier alpha value is -2.12. The van der Waals surface area contributed by atoms with Gasteiger partial charge >= 0.3 is 0 Å². The molecular weight excluding hydrogens is 322 g/mol. The highest BCUT2D eigenvalue weighted by Crippen LogP contribution is 2.33. The van der Waals surface area contributed by atoms with E-state index in [0.29, 0.717) is 18.8 Å². The lowest BCUT2D eigenvalue weighted by molar-refractivity contribution is -0.125. The number of carbonyl (C=O) groups excluding carboxylic acids is 2. The topological polar surface area (TPSA) is 71.1 Å². The van der Waals surface area contributed by atoms with Gasteiger partial charge < -0.3 is 19.7 Å². The Morgan fingerprint density at radius 3 is 2.80 bits per heavy atom. The summed E-state index contributed by atoms with van der Waals surface area (Å²) in [6, 6.07) is 7.42. The van der Waals surface area contributed by atoms with E-state index >= 15 is 0 Å². The van der Waals surface area contributed by atoms with Crippen LogP contribution in [0.2, 0.25) is 0 Å². The molecule has 0 spiro atoms. The lowest BCUT2D eigenvalue weighted by Gasteiger charge is -2.32. The molecule has 2 amide bonds. The highest BCUT2D eigenvalue weighted by atomic mass is 16.5. The molecule has 1 fully saturated rings. The van der Waals surface area contributed by atoms with Crippen LogP contribution in [0.5, 0.6) is 5.75 Å². The van der Waals surface area contributed by atoms with Gasteiger partial charge in [0.05, 0.1) is 18.9 Å². The number of morpholine rings is 1. The fourth-order valence-electron chi connectivity index (χ4n) is 3.07. The second-order valence-electron chi connectivity index (χ2n) is 6.27. The Morgan fingerprint density at radius 2 is 2.00 bits per heavy atom. The van der Waals surface area contributed by atoms with Gasteiger partial charge in [-0.25, -0.2) is 0 Å². The van der Waals surface area contributed by atoms with Gasteiger partial charge in [-0.1, -0.05) is 12.1 Å². The molecule has 7 nitrogen and oxygen atoms in total. The standard InChI is InChI=1S/C18H25N3O4/c1-14-18(23)21(15-4-2-3-5-16(15)25-14)8-6-17(22)19-7-9-20-10-12-24-13-11-20/h2-5,14H,6-13H2,1H3,(H,19,22)/t14-/m1/s1. The highest BCUT2D eigenvalue weighted by molar-refractivity contribution is 6.00. The highest BCUT2D eigenvalue weighted by Gasteiger charge is 2.31. The van der Waals surface area contributed by atoms with Crippen molar-refractivity contribution in [1.82, 2.24) is 10.2 Å². The van der Waals surface area contributed by atoms with Crippen molar-refractivity contribution >= 4 is 17.5 Å². The second-order valence-corrected chi connectivity index (χ2v) is 6.27. The largest absolute Gasteiger partial charge is 0.479 e. The minimum atomic E-state index is -0.528. The first kappa shape index (κ1) is 17.7. The number of para-hydroxylation sites is 2. The van der Waals surface area contributed by atoms with Crippen molar-refractivity contribution in [2.75, 3.05) is 50.8 Å². The van der Waals surface area contributed by atoms with E-state index in [2.05, 4.69) is 10.2 Å². The van der Waals surface area contributed by atoms with Crippen LogP contribution in [0, 0.1) is 0 Å². The maximum absolute atomic E-state index is 12.4. The molecule has 0 radical (unpaired) electrons. The molecule has 1 N–H and O–H groups in total. The summed E-state index contributed by atoms with van der Waals surface area (Å²) in [5, 5.41) is 2.93. The average molecular weight is 347 g/mol. The number of carbonyl (C=O) groups is 2. The molecule has 25 heavy (non-hydrogen) atoms. The first-order valence-electron chi connectivity index (χ1n) is 8.79. The van der Waals surface area contributed by atoms with Crippen molar-refractivity contribution in [2.24, 2.45) is 0 Å².